The number of methoxy groups -OCH3 is 1. The molecule has 3 rings (SSSR count). The maximum atomic E-state index is 12.1. The van der Waals surface area contributed by atoms with Crippen LogP contribution >= 0.6 is 0 Å². The van der Waals surface area contributed by atoms with Crippen molar-refractivity contribution in [1.29, 1.82) is 0 Å². The highest BCUT2D eigenvalue weighted by molar-refractivity contribution is 5.80. The van der Waals surface area contributed by atoms with E-state index in [-0.39, 0.29) is 18.7 Å². The lowest BCUT2D eigenvalue weighted by atomic mass is 10.1. The molecule has 2 heterocycles. The lowest BCUT2D eigenvalue weighted by molar-refractivity contribution is -0.130. The second-order valence-corrected chi connectivity index (χ2v) is 5.98. The molecule has 7 heteroatoms. The van der Waals surface area contributed by atoms with Gasteiger partial charge < -0.3 is 24.5 Å². The molecule has 0 aliphatic carbocycles. The van der Waals surface area contributed by atoms with Crippen LogP contribution in [0, 0.1) is 0 Å². The summed E-state index contributed by atoms with van der Waals surface area (Å²) in [5.41, 5.74) is 1.82. The van der Waals surface area contributed by atoms with Crippen molar-refractivity contribution in [2.75, 3.05) is 13.9 Å². The molecule has 0 bridgehead atoms. The number of nitrogens with zero attached hydrogens (tertiary/aromatic N) is 1. The van der Waals surface area contributed by atoms with E-state index in [1.54, 1.807) is 13.1 Å². The highest BCUT2D eigenvalue weighted by Gasteiger charge is 2.21. The largest absolute Gasteiger partial charge is 0.454 e. The zero-order valence-electron chi connectivity index (χ0n) is 14.7. The monoisotopic (exact) mass is 345 g/mol. The average Bonchev–Trinajstić information content (AvgIpc) is 3.28. The SMILES string of the molecule is CCCC(NC(=O)C(C)OC)c1ncc(-c2ccc3c(c2)OCO3)[nH]1. The Hall–Kier alpha value is -2.54. The highest BCUT2D eigenvalue weighted by Crippen LogP contribution is 2.35. The number of hydrogen-bond acceptors (Lipinski definition) is 5. The molecule has 2 aromatic rings. The van der Waals surface area contributed by atoms with E-state index in [0.717, 1.165) is 41.4 Å². The molecule has 25 heavy (non-hydrogen) atoms. The van der Waals surface area contributed by atoms with Gasteiger partial charge in [0.1, 0.15) is 11.9 Å². The maximum Gasteiger partial charge on any atom is 0.249 e. The first kappa shape index (κ1) is 17.3. The van der Waals surface area contributed by atoms with Crippen LogP contribution in [0.1, 0.15) is 38.6 Å². The number of aromatic amines is 1. The molecule has 2 unspecified atom stereocenters. The Labute approximate surface area is 146 Å². The predicted octanol–water partition coefficient (Wildman–Crippen LogP) is 2.80. The Morgan fingerprint density at radius 2 is 2.20 bits per heavy atom. The molecule has 7 nitrogen and oxygen atoms in total. The lowest BCUT2D eigenvalue weighted by Crippen LogP contribution is -2.37. The Morgan fingerprint density at radius 3 is 2.96 bits per heavy atom. The fraction of sp³-hybridized carbons (Fsp3) is 0.444. The third-order valence-corrected chi connectivity index (χ3v) is 4.23. The molecule has 0 fully saturated rings. The molecule has 0 saturated heterocycles. The number of hydrogen-bond donors (Lipinski definition) is 2. The van der Waals surface area contributed by atoms with E-state index in [0.29, 0.717) is 0 Å². The number of rotatable bonds is 7. The zero-order valence-corrected chi connectivity index (χ0v) is 14.7. The minimum absolute atomic E-state index is 0.151. The Kier molecular flexibility index (Phi) is 5.23. The van der Waals surface area contributed by atoms with Crippen molar-refractivity contribution in [2.45, 2.75) is 38.8 Å². The van der Waals surface area contributed by atoms with Gasteiger partial charge in [-0.1, -0.05) is 13.3 Å². The predicted molar refractivity (Wildman–Crippen MR) is 92.4 cm³/mol. The van der Waals surface area contributed by atoms with Gasteiger partial charge in [-0.15, -0.1) is 0 Å². The molecule has 2 atom stereocenters. The summed E-state index contributed by atoms with van der Waals surface area (Å²) in [6.45, 7) is 4.04. The summed E-state index contributed by atoms with van der Waals surface area (Å²) >= 11 is 0. The quantitative estimate of drug-likeness (QED) is 0.806. The molecule has 1 amide bonds. The summed E-state index contributed by atoms with van der Waals surface area (Å²) < 4.78 is 15.8. The Balaban J connectivity index is 1.79. The van der Waals surface area contributed by atoms with Crippen LogP contribution in [0.4, 0.5) is 0 Å². The van der Waals surface area contributed by atoms with Gasteiger partial charge in [0, 0.05) is 12.7 Å². The van der Waals surface area contributed by atoms with Crippen molar-refractivity contribution < 1.29 is 19.0 Å². The lowest BCUT2D eigenvalue weighted by Gasteiger charge is -2.18. The third kappa shape index (κ3) is 3.76. The van der Waals surface area contributed by atoms with E-state index in [1.165, 1.54) is 7.11 Å². The molecule has 0 spiro atoms. The molecular formula is C18H23N3O4. The van der Waals surface area contributed by atoms with E-state index in [9.17, 15) is 4.79 Å². The summed E-state index contributed by atoms with van der Waals surface area (Å²) in [6.07, 6.45) is 2.98. The van der Waals surface area contributed by atoms with Gasteiger partial charge in [0.2, 0.25) is 12.7 Å². The summed E-state index contributed by atoms with van der Waals surface area (Å²) in [5, 5.41) is 2.99. The topological polar surface area (TPSA) is 85.5 Å². The van der Waals surface area contributed by atoms with Crippen molar-refractivity contribution in [1.82, 2.24) is 15.3 Å². The molecular weight excluding hydrogens is 322 g/mol. The molecule has 1 aromatic heterocycles. The van der Waals surface area contributed by atoms with Crippen LogP contribution in [0.2, 0.25) is 0 Å². The van der Waals surface area contributed by atoms with Gasteiger partial charge in [-0.3, -0.25) is 4.79 Å². The van der Waals surface area contributed by atoms with Crippen molar-refractivity contribution in [2.24, 2.45) is 0 Å². The average molecular weight is 345 g/mol. The van der Waals surface area contributed by atoms with Gasteiger partial charge in [0.15, 0.2) is 11.5 Å². The van der Waals surface area contributed by atoms with Crippen LogP contribution in [-0.4, -0.2) is 35.9 Å². The first-order chi connectivity index (χ1) is 12.1. The number of nitrogens with one attached hydrogen (secondary N) is 2. The van der Waals surface area contributed by atoms with E-state index in [1.807, 2.05) is 18.2 Å². The van der Waals surface area contributed by atoms with Crippen molar-refractivity contribution in [3.05, 3.63) is 30.2 Å². The van der Waals surface area contributed by atoms with Gasteiger partial charge >= 0.3 is 0 Å². The van der Waals surface area contributed by atoms with Crippen molar-refractivity contribution >= 4 is 5.91 Å². The van der Waals surface area contributed by atoms with E-state index in [2.05, 4.69) is 22.2 Å². The van der Waals surface area contributed by atoms with Gasteiger partial charge in [0.05, 0.1) is 17.9 Å². The second-order valence-electron chi connectivity index (χ2n) is 5.98. The minimum Gasteiger partial charge on any atom is -0.454 e. The molecule has 1 aromatic carbocycles. The fourth-order valence-electron chi connectivity index (χ4n) is 2.69. The van der Waals surface area contributed by atoms with Gasteiger partial charge in [-0.25, -0.2) is 4.98 Å². The molecule has 2 N–H and O–H groups in total. The molecule has 134 valence electrons. The number of amides is 1. The number of carbonyl (C=O) groups excluding carboxylic acids is 1. The molecule has 0 radical (unpaired) electrons. The smallest absolute Gasteiger partial charge is 0.249 e. The van der Waals surface area contributed by atoms with Gasteiger partial charge in [-0.05, 0) is 31.5 Å². The number of benzene rings is 1. The van der Waals surface area contributed by atoms with E-state index in [4.69, 9.17) is 14.2 Å². The van der Waals surface area contributed by atoms with Crippen LogP contribution in [0.3, 0.4) is 0 Å². The number of ether oxygens (including phenoxy) is 3. The number of carbonyl (C=O) groups is 1. The maximum absolute atomic E-state index is 12.1. The van der Waals surface area contributed by atoms with Gasteiger partial charge in [-0.2, -0.15) is 0 Å². The normalized spacial score (nSPS) is 15.0. The minimum atomic E-state index is -0.498. The van der Waals surface area contributed by atoms with Crippen LogP contribution in [-0.2, 0) is 9.53 Å². The standard InChI is InChI=1S/C18H23N3O4/c1-4-5-13(21-18(22)11(2)23-3)17-19-9-14(20-17)12-6-7-15-16(8-12)25-10-24-15/h6-9,11,13H,4-5,10H2,1-3H3,(H,19,20)(H,21,22). The second kappa shape index (κ2) is 7.57. The summed E-state index contributed by atoms with van der Waals surface area (Å²) in [4.78, 5) is 19.9. The van der Waals surface area contributed by atoms with Crippen molar-refractivity contribution in [3.8, 4) is 22.8 Å². The third-order valence-electron chi connectivity index (χ3n) is 4.23. The number of imidazole rings is 1. The number of H-pyrrole nitrogens is 1. The molecule has 1 aliphatic heterocycles. The first-order valence-electron chi connectivity index (χ1n) is 8.40. The summed E-state index contributed by atoms with van der Waals surface area (Å²) in [7, 11) is 1.52. The van der Waals surface area contributed by atoms with E-state index < -0.39 is 6.10 Å². The van der Waals surface area contributed by atoms with Crippen LogP contribution in [0.5, 0.6) is 11.5 Å². The Morgan fingerprint density at radius 1 is 1.40 bits per heavy atom. The summed E-state index contributed by atoms with van der Waals surface area (Å²) in [5.74, 6) is 2.04. The Bertz CT molecular complexity index is 744. The first-order valence-corrected chi connectivity index (χ1v) is 8.40. The zero-order chi connectivity index (χ0) is 17.8. The molecule has 1 aliphatic rings. The van der Waals surface area contributed by atoms with Crippen molar-refractivity contribution in [3.63, 3.8) is 0 Å². The molecule has 0 saturated carbocycles. The highest BCUT2D eigenvalue weighted by atomic mass is 16.7. The number of fused-ring (bicyclic) bond motifs is 1. The van der Waals surface area contributed by atoms with Crippen LogP contribution in [0.15, 0.2) is 24.4 Å². The van der Waals surface area contributed by atoms with E-state index >= 15 is 0 Å². The fourth-order valence-corrected chi connectivity index (χ4v) is 2.69. The summed E-state index contributed by atoms with van der Waals surface area (Å²) in [6, 6.07) is 5.56. The number of aromatic nitrogens is 2. The van der Waals surface area contributed by atoms with Gasteiger partial charge in [0.25, 0.3) is 0 Å². The van der Waals surface area contributed by atoms with Crippen LogP contribution in [0.25, 0.3) is 11.3 Å². The van der Waals surface area contributed by atoms with Crippen LogP contribution < -0.4 is 14.8 Å².